The van der Waals surface area contributed by atoms with Gasteiger partial charge in [0, 0.05) is 24.3 Å². The third-order valence-corrected chi connectivity index (χ3v) is 7.19. The van der Waals surface area contributed by atoms with Crippen molar-refractivity contribution in [1.82, 2.24) is 4.31 Å². The zero-order chi connectivity index (χ0) is 23.1. The molecule has 0 atom stereocenters. The van der Waals surface area contributed by atoms with E-state index in [9.17, 15) is 17.6 Å². The lowest BCUT2D eigenvalue weighted by Gasteiger charge is -2.21. The number of oxime groups is 1. The van der Waals surface area contributed by atoms with Crippen LogP contribution < -0.4 is 11.1 Å². The van der Waals surface area contributed by atoms with Gasteiger partial charge in [0.15, 0.2) is 12.4 Å². The van der Waals surface area contributed by atoms with E-state index in [1.807, 2.05) is 0 Å². The summed E-state index contributed by atoms with van der Waals surface area (Å²) in [6.45, 7) is 2.30. The topological polar surface area (TPSA) is 114 Å². The number of carbonyl (C=O) groups excluding carboxylic acids is 1. The SMILES string of the molecule is Cc1ccc(NC(=O)CO/N=C(/N)c2ccc(F)cc2)cc1S(=O)(=O)N1CCCCCC1. The molecule has 0 saturated carbocycles. The molecule has 1 aliphatic rings. The second-order valence-electron chi connectivity index (χ2n) is 7.60. The predicted molar refractivity (Wildman–Crippen MR) is 120 cm³/mol. The first-order valence-corrected chi connectivity index (χ1v) is 11.8. The number of sulfonamides is 1. The highest BCUT2D eigenvalue weighted by molar-refractivity contribution is 7.89. The maximum absolute atomic E-state index is 13.1. The lowest BCUT2D eigenvalue weighted by atomic mass is 10.2. The molecule has 0 spiro atoms. The molecule has 2 aromatic rings. The van der Waals surface area contributed by atoms with Crippen molar-refractivity contribution in [2.75, 3.05) is 25.0 Å². The molecule has 0 aliphatic carbocycles. The Bertz CT molecular complexity index is 1080. The quantitative estimate of drug-likeness (QED) is 0.373. The minimum Gasteiger partial charge on any atom is -0.384 e. The monoisotopic (exact) mass is 462 g/mol. The van der Waals surface area contributed by atoms with Gasteiger partial charge in [-0.2, -0.15) is 4.31 Å². The number of rotatable bonds is 7. The van der Waals surface area contributed by atoms with Gasteiger partial charge in [-0.3, -0.25) is 4.79 Å². The normalized spacial score (nSPS) is 15.8. The first-order valence-electron chi connectivity index (χ1n) is 10.4. The molecular formula is C22H27FN4O4S. The smallest absolute Gasteiger partial charge is 0.265 e. The number of benzene rings is 2. The van der Waals surface area contributed by atoms with Gasteiger partial charge >= 0.3 is 0 Å². The van der Waals surface area contributed by atoms with Crippen LogP contribution in [0, 0.1) is 12.7 Å². The van der Waals surface area contributed by atoms with Crippen molar-refractivity contribution >= 4 is 27.5 Å². The van der Waals surface area contributed by atoms with Gasteiger partial charge in [-0.15, -0.1) is 0 Å². The highest BCUT2D eigenvalue weighted by atomic mass is 32.2. The van der Waals surface area contributed by atoms with Crippen molar-refractivity contribution in [3.05, 3.63) is 59.4 Å². The van der Waals surface area contributed by atoms with Gasteiger partial charge in [0.2, 0.25) is 10.0 Å². The summed E-state index contributed by atoms with van der Waals surface area (Å²) in [5.41, 5.74) is 7.15. The number of amides is 1. The summed E-state index contributed by atoms with van der Waals surface area (Å²) >= 11 is 0. The molecule has 3 rings (SSSR count). The molecule has 32 heavy (non-hydrogen) atoms. The van der Waals surface area contributed by atoms with Gasteiger partial charge in [-0.05, 0) is 61.7 Å². The minimum atomic E-state index is -3.65. The molecule has 172 valence electrons. The fourth-order valence-corrected chi connectivity index (χ4v) is 5.18. The molecule has 1 amide bonds. The standard InChI is InChI=1S/C22H27FN4O4S/c1-16-6-11-19(14-20(16)32(29,30)27-12-4-2-3-5-13-27)25-21(28)15-31-26-22(24)17-7-9-18(23)10-8-17/h6-11,14H,2-5,12-13,15H2,1H3,(H2,24,26)(H,25,28). The van der Waals surface area contributed by atoms with Crippen molar-refractivity contribution in [2.24, 2.45) is 10.9 Å². The molecular weight excluding hydrogens is 435 g/mol. The first kappa shape index (κ1) is 23.7. The summed E-state index contributed by atoms with van der Waals surface area (Å²) in [6, 6.07) is 10.1. The summed E-state index contributed by atoms with van der Waals surface area (Å²) in [7, 11) is -3.65. The second-order valence-corrected chi connectivity index (χ2v) is 9.51. The molecule has 1 saturated heterocycles. The molecule has 1 aliphatic heterocycles. The van der Waals surface area contributed by atoms with Crippen molar-refractivity contribution in [3.63, 3.8) is 0 Å². The number of halogens is 1. The van der Waals surface area contributed by atoms with E-state index in [-0.39, 0.29) is 10.7 Å². The lowest BCUT2D eigenvalue weighted by molar-refractivity contribution is -0.120. The second kappa shape index (κ2) is 10.6. The van der Waals surface area contributed by atoms with Crippen LogP contribution >= 0.6 is 0 Å². The lowest BCUT2D eigenvalue weighted by Crippen LogP contribution is -2.32. The maximum atomic E-state index is 13.1. The summed E-state index contributed by atoms with van der Waals surface area (Å²) in [5, 5.41) is 6.27. The molecule has 1 heterocycles. The molecule has 0 unspecified atom stereocenters. The molecule has 1 fully saturated rings. The van der Waals surface area contributed by atoms with Gasteiger partial charge in [0.1, 0.15) is 5.82 Å². The van der Waals surface area contributed by atoms with E-state index >= 15 is 0 Å². The van der Waals surface area contributed by atoms with Crippen molar-refractivity contribution < 1.29 is 22.4 Å². The van der Waals surface area contributed by atoms with Crippen LogP contribution in [0.4, 0.5) is 10.1 Å². The number of nitrogens with one attached hydrogen (secondary N) is 1. The van der Waals surface area contributed by atoms with Gasteiger partial charge < -0.3 is 15.9 Å². The Kier molecular flexibility index (Phi) is 7.81. The average molecular weight is 463 g/mol. The van der Waals surface area contributed by atoms with Crippen LogP contribution in [-0.2, 0) is 19.7 Å². The zero-order valence-corrected chi connectivity index (χ0v) is 18.7. The minimum absolute atomic E-state index is 0.000958. The Morgan fingerprint density at radius 1 is 1.12 bits per heavy atom. The molecule has 8 nitrogen and oxygen atoms in total. The summed E-state index contributed by atoms with van der Waals surface area (Å²) in [5.74, 6) is -0.932. The van der Waals surface area contributed by atoms with E-state index in [2.05, 4.69) is 10.5 Å². The van der Waals surface area contributed by atoms with E-state index in [0.717, 1.165) is 25.7 Å². The molecule has 10 heteroatoms. The molecule has 3 N–H and O–H groups in total. The Balaban J connectivity index is 1.64. The Morgan fingerprint density at radius 2 is 1.78 bits per heavy atom. The number of anilines is 1. The number of hydrogen-bond donors (Lipinski definition) is 2. The fraction of sp³-hybridized carbons (Fsp3) is 0.364. The van der Waals surface area contributed by atoms with E-state index in [1.165, 1.54) is 34.6 Å². The van der Waals surface area contributed by atoms with E-state index in [0.29, 0.717) is 29.9 Å². The number of hydrogen-bond acceptors (Lipinski definition) is 5. The number of aryl methyl sites for hydroxylation is 1. The third-order valence-electron chi connectivity index (χ3n) is 5.15. The number of nitrogens with two attached hydrogens (primary N) is 1. The van der Waals surface area contributed by atoms with Crippen LogP contribution in [0.3, 0.4) is 0 Å². The van der Waals surface area contributed by atoms with Crippen LogP contribution in [0.5, 0.6) is 0 Å². The molecule has 0 radical (unpaired) electrons. The summed E-state index contributed by atoms with van der Waals surface area (Å²) in [6.07, 6.45) is 3.73. The van der Waals surface area contributed by atoms with Crippen LogP contribution in [0.15, 0.2) is 52.5 Å². The Morgan fingerprint density at radius 3 is 2.44 bits per heavy atom. The maximum Gasteiger partial charge on any atom is 0.265 e. The highest BCUT2D eigenvalue weighted by Crippen LogP contribution is 2.25. The fourth-order valence-electron chi connectivity index (χ4n) is 3.41. The van der Waals surface area contributed by atoms with Crippen LogP contribution in [-0.4, -0.2) is 44.2 Å². The van der Waals surface area contributed by atoms with E-state index < -0.39 is 28.4 Å². The van der Waals surface area contributed by atoms with Gasteiger partial charge in [-0.1, -0.05) is 24.1 Å². The van der Waals surface area contributed by atoms with Gasteiger partial charge in [0.25, 0.3) is 5.91 Å². The third kappa shape index (κ3) is 6.04. The molecule has 2 aromatic carbocycles. The Hall–Kier alpha value is -2.98. The van der Waals surface area contributed by atoms with Crippen molar-refractivity contribution in [1.29, 1.82) is 0 Å². The highest BCUT2D eigenvalue weighted by Gasteiger charge is 2.27. The number of carbonyl (C=O) groups is 1. The summed E-state index contributed by atoms with van der Waals surface area (Å²) < 4.78 is 40.7. The summed E-state index contributed by atoms with van der Waals surface area (Å²) in [4.78, 5) is 17.4. The van der Waals surface area contributed by atoms with Crippen LogP contribution in [0.1, 0.15) is 36.8 Å². The average Bonchev–Trinajstić information content (AvgIpc) is 3.05. The van der Waals surface area contributed by atoms with Crippen molar-refractivity contribution in [3.8, 4) is 0 Å². The van der Waals surface area contributed by atoms with Crippen LogP contribution in [0.2, 0.25) is 0 Å². The predicted octanol–water partition coefficient (Wildman–Crippen LogP) is 2.97. The Labute approximate surface area is 187 Å². The van der Waals surface area contributed by atoms with Gasteiger partial charge in [0.05, 0.1) is 4.90 Å². The zero-order valence-electron chi connectivity index (χ0n) is 17.9. The van der Waals surface area contributed by atoms with E-state index in [4.69, 9.17) is 10.6 Å². The number of nitrogens with zero attached hydrogens (tertiary/aromatic N) is 2. The molecule has 0 bridgehead atoms. The van der Waals surface area contributed by atoms with Gasteiger partial charge in [-0.25, -0.2) is 12.8 Å². The van der Waals surface area contributed by atoms with Crippen molar-refractivity contribution in [2.45, 2.75) is 37.5 Å². The first-order chi connectivity index (χ1) is 15.3. The van der Waals surface area contributed by atoms with E-state index in [1.54, 1.807) is 19.1 Å². The van der Waals surface area contributed by atoms with Crippen LogP contribution in [0.25, 0.3) is 0 Å². The number of amidine groups is 1. The molecule has 0 aromatic heterocycles. The largest absolute Gasteiger partial charge is 0.384 e.